The zero-order chi connectivity index (χ0) is 16.1. The van der Waals surface area contributed by atoms with Gasteiger partial charge in [0.1, 0.15) is 5.82 Å². The molecule has 0 aliphatic rings. The van der Waals surface area contributed by atoms with E-state index < -0.39 is 0 Å². The smallest absolute Gasteiger partial charge is 0.247 e. The van der Waals surface area contributed by atoms with Crippen molar-refractivity contribution < 1.29 is 0 Å². The van der Waals surface area contributed by atoms with Crippen LogP contribution in [0.15, 0.2) is 42.7 Å². The minimum Gasteiger partial charge on any atom is -0.353 e. The zero-order valence-corrected chi connectivity index (χ0v) is 13.4. The molecule has 2 aromatic heterocycles. The van der Waals surface area contributed by atoms with Crippen molar-refractivity contribution in [2.75, 3.05) is 11.9 Å². The third kappa shape index (κ3) is 3.56. The maximum Gasteiger partial charge on any atom is 0.247 e. The van der Waals surface area contributed by atoms with E-state index in [2.05, 4.69) is 44.2 Å². The van der Waals surface area contributed by atoms with Gasteiger partial charge in [0.15, 0.2) is 0 Å². The average molecular weight is 311 g/mol. The largest absolute Gasteiger partial charge is 0.353 e. The number of imidazole rings is 1. The second kappa shape index (κ2) is 7.04. The predicted octanol–water partition coefficient (Wildman–Crippen LogP) is 2.48. The van der Waals surface area contributed by atoms with Gasteiger partial charge in [-0.2, -0.15) is 4.68 Å². The molecule has 0 saturated heterocycles. The van der Waals surface area contributed by atoms with Gasteiger partial charge in [-0.05, 0) is 29.0 Å². The Morgan fingerprint density at radius 3 is 2.78 bits per heavy atom. The van der Waals surface area contributed by atoms with Crippen molar-refractivity contribution in [1.82, 2.24) is 29.8 Å². The van der Waals surface area contributed by atoms with Crippen LogP contribution in [-0.4, -0.2) is 36.3 Å². The lowest BCUT2D eigenvalue weighted by molar-refractivity contribution is 0.599. The quantitative estimate of drug-likeness (QED) is 0.679. The Balaban J connectivity index is 1.56. The van der Waals surface area contributed by atoms with Crippen molar-refractivity contribution in [3.63, 3.8) is 0 Å². The highest BCUT2D eigenvalue weighted by atomic mass is 15.6. The Labute approximate surface area is 135 Å². The van der Waals surface area contributed by atoms with Gasteiger partial charge >= 0.3 is 0 Å². The Morgan fingerprint density at radius 1 is 1.17 bits per heavy atom. The first-order valence-electron chi connectivity index (χ1n) is 7.84. The van der Waals surface area contributed by atoms with E-state index >= 15 is 0 Å². The first-order chi connectivity index (χ1) is 11.3. The molecule has 1 N–H and O–H groups in total. The fourth-order valence-corrected chi connectivity index (χ4v) is 2.50. The molecule has 0 spiro atoms. The number of hydrogen-bond acceptors (Lipinski definition) is 5. The van der Waals surface area contributed by atoms with Crippen LogP contribution in [0.2, 0.25) is 0 Å². The van der Waals surface area contributed by atoms with Gasteiger partial charge < -0.3 is 9.88 Å². The van der Waals surface area contributed by atoms with Crippen LogP contribution in [0, 0.1) is 0 Å². The number of rotatable bonds is 7. The number of nitrogens with one attached hydrogen (secondary N) is 1. The van der Waals surface area contributed by atoms with Crippen LogP contribution in [0.1, 0.15) is 32.0 Å². The molecule has 0 unspecified atom stereocenters. The summed E-state index contributed by atoms with van der Waals surface area (Å²) < 4.78 is 3.91. The Hall–Kier alpha value is -2.70. The molecule has 1 aromatic carbocycles. The fraction of sp³-hybridized carbons (Fsp3) is 0.375. The molecule has 0 aliphatic carbocycles. The molecule has 23 heavy (non-hydrogen) atoms. The highest BCUT2D eigenvalue weighted by molar-refractivity contribution is 5.38. The van der Waals surface area contributed by atoms with Crippen LogP contribution in [0.4, 0.5) is 5.95 Å². The summed E-state index contributed by atoms with van der Waals surface area (Å²) in [6.07, 6.45) is 4.86. The monoisotopic (exact) mass is 311 g/mol. The average Bonchev–Trinajstić information content (AvgIpc) is 3.21. The third-order valence-corrected chi connectivity index (χ3v) is 3.59. The van der Waals surface area contributed by atoms with Crippen LogP contribution in [0.3, 0.4) is 0 Å². The van der Waals surface area contributed by atoms with E-state index in [1.807, 2.05) is 42.7 Å². The zero-order valence-electron chi connectivity index (χ0n) is 13.4. The number of anilines is 1. The van der Waals surface area contributed by atoms with Gasteiger partial charge in [0.25, 0.3) is 0 Å². The summed E-state index contributed by atoms with van der Waals surface area (Å²) in [6.45, 7) is 6.03. The van der Waals surface area contributed by atoms with Crippen LogP contribution in [-0.2, 0) is 6.54 Å². The van der Waals surface area contributed by atoms with Gasteiger partial charge in [-0.3, -0.25) is 0 Å². The number of hydrogen-bond donors (Lipinski definition) is 1. The van der Waals surface area contributed by atoms with Gasteiger partial charge in [-0.1, -0.05) is 37.1 Å². The SMILES string of the molecule is CC(C)c1nccn1CCCNc1nnnn1-c1ccccc1. The summed E-state index contributed by atoms with van der Waals surface area (Å²) in [7, 11) is 0. The van der Waals surface area contributed by atoms with E-state index in [9.17, 15) is 0 Å². The number of tetrazole rings is 1. The Bertz CT molecular complexity index is 730. The molecule has 7 nitrogen and oxygen atoms in total. The maximum absolute atomic E-state index is 4.40. The molecule has 2 heterocycles. The molecule has 3 aromatic rings. The fourth-order valence-electron chi connectivity index (χ4n) is 2.50. The first-order valence-corrected chi connectivity index (χ1v) is 7.84. The summed E-state index contributed by atoms with van der Waals surface area (Å²) in [5.74, 6) is 2.22. The summed E-state index contributed by atoms with van der Waals surface area (Å²) >= 11 is 0. The molecular weight excluding hydrogens is 290 g/mol. The van der Waals surface area contributed by atoms with Crippen molar-refractivity contribution in [3.8, 4) is 5.69 Å². The van der Waals surface area contributed by atoms with Crippen molar-refractivity contribution in [2.45, 2.75) is 32.7 Å². The molecule has 0 amide bonds. The summed E-state index contributed by atoms with van der Waals surface area (Å²) in [4.78, 5) is 4.40. The Kier molecular flexibility index (Phi) is 4.65. The lowest BCUT2D eigenvalue weighted by Crippen LogP contribution is -2.12. The van der Waals surface area contributed by atoms with Crippen molar-refractivity contribution in [1.29, 1.82) is 0 Å². The lowest BCUT2D eigenvalue weighted by atomic mass is 10.2. The van der Waals surface area contributed by atoms with E-state index in [0.29, 0.717) is 11.9 Å². The summed E-state index contributed by atoms with van der Waals surface area (Å²) in [5.41, 5.74) is 0.941. The standard InChI is InChI=1S/C16H21N7/c1-13(2)15-17-10-12-22(15)11-6-9-18-16-19-20-21-23(16)14-7-4-3-5-8-14/h3-5,7-8,10,12-13H,6,9,11H2,1-2H3,(H,18,19,21). The third-order valence-electron chi connectivity index (χ3n) is 3.59. The van der Waals surface area contributed by atoms with Crippen LogP contribution >= 0.6 is 0 Å². The number of para-hydroxylation sites is 1. The molecule has 7 heteroatoms. The minimum absolute atomic E-state index is 0.434. The van der Waals surface area contributed by atoms with E-state index in [0.717, 1.165) is 31.0 Å². The number of nitrogens with zero attached hydrogens (tertiary/aromatic N) is 6. The topological polar surface area (TPSA) is 73.5 Å². The molecule has 0 fully saturated rings. The van der Waals surface area contributed by atoms with Gasteiger partial charge in [-0.15, -0.1) is 0 Å². The number of benzene rings is 1. The van der Waals surface area contributed by atoms with Crippen molar-refractivity contribution in [2.24, 2.45) is 0 Å². The molecule has 0 radical (unpaired) electrons. The number of aromatic nitrogens is 6. The van der Waals surface area contributed by atoms with E-state index in [4.69, 9.17) is 0 Å². The van der Waals surface area contributed by atoms with Crippen LogP contribution in [0.25, 0.3) is 5.69 Å². The molecule has 0 atom stereocenters. The first kappa shape index (κ1) is 15.2. The van der Waals surface area contributed by atoms with Crippen molar-refractivity contribution in [3.05, 3.63) is 48.5 Å². The van der Waals surface area contributed by atoms with Crippen LogP contribution in [0.5, 0.6) is 0 Å². The molecule has 3 rings (SSSR count). The lowest BCUT2D eigenvalue weighted by Gasteiger charge is -2.11. The normalized spacial score (nSPS) is 11.1. The molecular formula is C16H21N7. The van der Waals surface area contributed by atoms with Crippen LogP contribution < -0.4 is 5.32 Å². The second-order valence-corrected chi connectivity index (χ2v) is 5.66. The molecule has 0 saturated carbocycles. The number of aryl methyl sites for hydroxylation is 1. The molecule has 0 bridgehead atoms. The minimum atomic E-state index is 0.434. The second-order valence-electron chi connectivity index (χ2n) is 5.66. The van der Waals surface area contributed by atoms with Crippen molar-refractivity contribution >= 4 is 5.95 Å². The predicted molar refractivity (Wildman–Crippen MR) is 88.6 cm³/mol. The highest BCUT2D eigenvalue weighted by Gasteiger charge is 2.08. The molecule has 120 valence electrons. The van der Waals surface area contributed by atoms with Gasteiger partial charge in [0.2, 0.25) is 5.95 Å². The van der Waals surface area contributed by atoms with E-state index in [-0.39, 0.29) is 0 Å². The highest BCUT2D eigenvalue weighted by Crippen LogP contribution is 2.13. The summed E-state index contributed by atoms with van der Waals surface area (Å²) in [6, 6.07) is 9.85. The molecule has 0 aliphatic heterocycles. The van der Waals surface area contributed by atoms with E-state index in [1.54, 1.807) is 4.68 Å². The van der Waals surface area contributed by atoms with Gasteiger partial charge in [0, 0.05) is 31.4 Å². The van der Waals surface area contributed by atoms with Gasteiger partial charge in [-0.25, -0.2) is 4.98 Å². The van der Waals surface area contributed by atoms with Gasteiger partial charge in [0.05, 0.1) is 5.69 Å². The Morgan fingerprint density at radius 2 is 2.00 bits per heavy atom. The summed E-state index contributed by atoms with van der Waals surface area (Å²) in [5, 5.41) is 15.1. The maximum atomic E-state index is 4.40. The van der Waals surface area contributed by atoms with E-state index in [1.165, 1.54) is 0 Å².